The Kier molecular flexibility index (Phi) is 4.93. The van der Waals surface area contributed by atoms with E-state index >= 15 is 0 Å². The number of hydrogen-bond acceptors (Lipinski definition) is 4. The van der Waals surface area contributed by atoms with Crippen LogP contribution in [0.4, 0.5) is 0 Å². The number of nitrogens with zero attached hydrogens (tertiary/aromatic N) is 1. The van der Waals surface area contributed by atoms with E-state index in [1.165, 1.54) is 10.4 Å². The molecule has 0 unspecified atom stereocenters. The Morgan fingerprint density at radius 2 is 2.11 bits per heavy atom. The molecule has 0 amide bonds. The molecule has 0 saturated carbocycles. The Morgan fingerprint density at radius 1 is 1.56 bits per heavy atom. The van der Waals surface area contributed by atoms with Gasteiger partial charge in [-0.2, -0.15) is 4.31 Å². The molecule has 1 N–H and O–H groups in total. The summed E-state index contributed by atoms with van der Waals surface area (Å²) >= 11 is 4.02. The van der Waals surface area contributed by atoms with Crippen LogP contribution in [-0.2, 0) is 10.0 Å². The highest BCUT2D eigenvalue weighted by Gasteiger charge is 2.30. The van der Waals surface area contributed by atoms with Gasteiger partial charge in [-0.3, -0.25) is 0 Å². The van der Waals surface area contributed by atoms with Crippen LogP contribution in [0.2, 0.25) is 0 Å². The highest BCUT2D eigenvalue weighted by atomic mass is 79.9. The second-order valence-corrected chi connectivity index (χ2v) is 8.08. The standard InChI is InChI=1S/C10H14BrNO4S2/c1-4-12(6(2)3)18(15,16)8-5-7(10(13)14)17-9(8)11/h5-6H,4H2,1-3H3,(H,13,14). The molecule has 0 aromatic carbocycles. The van der Waals surface area contributed by atoms with Gasteiger partial charge in [0.25, 0.3) is 0 Å². The molecule has 0 fully saturated rings. The van der Waals surface area contributed by atoms with Gasteiger partial charge in [0.1, 0.15) is 9.77 Å². The average Bonchev–Trinajstić information content (AvgIpc) is 2.60. The van der Waals surface area contributed by atoms with E-state index < -0.39 is 16.0 Å². The zero-order valence-electron chi connectivity index (χ0n) is 10.2. The summed E-state index contributed by atoms with van der Waals surface area (Å²) in [5.74, 6) is -1.13. The van der Waals surface area contributed by atoms with E-state index in [4.69, 9.17) is 5.11 Å². The van der Waals surface area contributed by atoms with Crippen molar-refractivity contribution in [2.75, 3.05) is 6.54 Å². The molecular weight excluding hydrogens is 342 g/mol. The van der Waals surface area contributed by atoms with Gasteiger partial charge in [-0.05, 0) is 35.8 Å². The van der Waals surface area contributed by atoms with Crippen molar-refractivity contribution in [3.63, 3.8) is 0 Å². The lowest BCUT2D eigenvalue weighted by Crippen LogP contribution is -2.36. The SMILES string of the molecule is CCN(C(C)C)S(=O)(=O)c1cc(C(=O)O)sc1Br. The van der Waals surface area contributed by atoms with Crippen molar-refractivity contribution in [1.82, 2.24) is 4.31 Å². The molecule has 1 aromatic heterocycles. The molecule has 1 heterocycles. The van der Waals surface area contributed by atoms with Gasteiger partial charge in [-0.1, -0.05) is 6.92 Å². The first-order valence-corrected chi connectivity index (χ1v) is 8.31. The van der Waals surface area contributed by atoms with Crippen LogP contribution in [0.25, 0.3) is 0 Å². The lowest BCUT2D eigenvalue weighted by molar-refractivity contribution is 0.0702. The van der Waals surface area contributed by atoms with Crippen LogP contribution in [-0.4, -0.2) is 36.4 Å². The fourth-order valence-corrected chi connectivity index (χ4v) is 5.57. The quantitative estimate of drug-likeness (QED) is 0.880. The van der Waals surface area contributed by atoms with E-state index in [-0.39, 0.29) is 15.8 Å². The highest BCUT2D eigenvalue weighted by molar-refractivity contribution is 9.11. The summed E-state index contributed by atoms with van der Waals surface area (Å²) in [5.41, 5.74) is 0. The van der Waals surface area contributed by atoms with Crippen LogP contribution >= 0.6 is 27.3 Å². The normalized spacial score (nSPS) is 12.3. The molecule has 18 heavy (non-hydrogen) atoms. The van der Waals surface area contributed by atoms with Crippen molar-refractivity contribution in [3.8, 4) is 0 Å². The van der Waals surface area contributed by atoms with Crippen LogP contribution in [0.3, 0.4) is 0 Å². The van der Waals surface area contributed by atoms with Crippen molar-refractivity contribution in [3.05, 3.63) is 14.7 Å². The van der Waals surface area contributed by atoms with Gasteiger partial charge in [-0.25, -0.2) is 13.2 Å². The lowest BCUT2D eigenvalue weighted by atomic mass is 10.4. The van der Waals surface area contributed by atoms with Crippen LogP contribution in [0.5, 0.6) is 0 Å². The summed E-state index contributed by atoms with van der Waals surface area (Å²) in [5, 5.41) is 8.87. The molecule has 1 aromatic rings. The summed E-state index contributed by atoms with van der Waals surface area (Å²) < 4.78 is 26.4. The van der Waals surface area contributed by atoms with Gasteiger partial charge >= 0.3 is 5.97 Å². The Balaban J connectivity index is 3.32. The van der Waals surface area contributed by atoms with Gasteiger partial charge in [0.05, 0.1) is 3.79 Å². The maximum Gasteiger partial charge on any atom is 0.345 e. The Bertz CT molecular complexity index is 550. The number of hydrogen-bond donors (Lipinski definition) is 1. The second-order valence-electron chi connectivity index (χ2n) is 3.86. The summed E-state index contributed by atoms with van der Waals surface area (Å²) in [6.45, 7) is 5.64. The van der Waals surface area contributed by atoms with Gasteiger partial charge < -0.3 is 5.11 Å². The number of carboxylic acid groups (broad SMARTS) is 1. The van der Waals surface area contributed by atoms with E-state index in [1.54, 1.807) is 20.8 Å². The van der Waals surface area contributed by atoms with Crippen molar-refractivity contribution in [2.24, 2.45) is 0 Å². The van der Waals surface area contributed by atoms with E-state index in [2.05, 4.69) is 15.9 Å². The average molecular weight is 356 g/mol. The molecule has 0 aliphatic rings. The predicted octanol–water partition coefficient (Wildman–Crippen LogP) is 2.63. The molecular formula is C10H14BrNO4S2. The number of sulfonamides is 1. The number of aromatic carboxylic acids is 1. The minimum atomic E-state index is -3.66. The lowest BCUT2D eigenvalue weighted by Gasteiger charge is -2.23. The van der Waals surface area contributed by atoms with Crippen molar-refractivity contribution < 1.29 is 18.3 Å². The first-order valence-electron chi connectivity index (χ1n) is 5.26. The first-order chi connectivity index (χ1) is 8.21. The third-order valence-electron chi connectivity index (χ3n) is 2.34. The fraction of sp³-hybridized carbons (Fsp3) is 0.500. The van der Waals surface area contributed by atoms with Gasteiger partial charge in [-0.15, -0.1) is 11.3 Å². The zero-order chi connectivity index (χ0) is 14.1. The molecule has 8 heteroatoms. The fourth-order valence-electron chi connectivity index (χ4n) is 1.57. The maximum absolute atomic E-state index is 12.4. The van der Waals surface area contributed by atoms with E-state index in [0.717, 1.165) is 11.3 Å². The minimum Gasteiger partial charge on any atom is -0.477 e. The summed E-state index contributed by atoms with van der Waals surface area (Å²) in [4.78, 5) is 10.9. The highest BCUT2D eigenvalue weighted by Crippen LogP contribution is 2.34. The third-order valence-corrected chi connectivity index (χ3v) is 6.73. The second kappa shape index (κ2) is 5.68. The Labute approximate surface area is 119 Å². The van der Waals surface area contributed by atoms with Crippen molar-refractivity contribution in [1.29, 1.82) is 0 Å². The van der Waals surface area contributed by atoms with Crippen LogP contribution < -0.4 is 0 Å². The largest absolute Gasteiger partial charge is 0.477 e. The van der Waals surface area contributed by atoms with E-state index in [1.807, 2.05) is 0 Å². The Morgan fingerprint density at radius 3 is 2.44 bits per heavy atom. The molecule has 102 valence electrons. The summed E-state index contributed by atoms with van der Waals surface area (Å²) in [6, 6.07) is 1.01. The van der Waals surface area contributed by atoms with Gasteiger partial charge in [0.15, 0.2) is 0 Å². The minimum absolute atomic E-state index is 0.000240. The number of halogens is 1. The van der Waals surface area contributed by atoms with E-state index in [0.29, 0.717) is 10.3 Å². The topological polar surface area (TPSA) is 74.7 Å². The number of carbonyl (C=O) groups is 1. The van der Waals surface area contributed by atoms with Crippen molar-refractivity contribution in [2.45, 2.75) is 31.7 Å². The predicted molar refractivity (Wildman–Crippen MR) is 73.7 cm³/mol. The zero-order valence-corrected chi connectivity index (χ0v) is 13.4. The first kappa shape index (κ1) is 15.6. The Hall–Kier alpha value is -0.440. The monoisotopic (exact) mass is 355 g/mol. The number of carboxylic acids is 1. The summed E-state index contributed by atoms with van der Waals surface area (Å²) in [6.07, 6.45) is 0. The van der Waals surface area contributed by atoms with Gasteiger partial charge in [0.2, 0.25) is 10.0 Å². The molecule has 0 spiro atoms. The molecule has 0 saturated heterocycles. The molecule has 0 atom stereocenters. The maximum atomic E-state index is 12.4. The number of thiophene rings is 1. The van der Waals surface area contributed by atoms with Gasteiger partial charge in [0, 0.05) is 12.6 Å². The molecule has 0 aliphatic carbocycles. The van der Waals surface area contributed by atoms with Crippen molar-refractivity contribution >= 4 is 43.3 Å². The smallest absolute Gasteiger partial charge is 0.345 e. The molecule has 5 nitrogen and oxygen atoms in total. The third kappa shape index (κ3) is 2.93. The van der Waals surface area contributed by atoms with E-state index in [9.17, 15) is 13.2 Å². The van der Waals surface area contributed by atoms with Crippen LogP contribution in [0, 0.1) is 0 Å². The molecule has 0 bridgehead atoms. The molecule has 1 rings (SSSR count). The molecule has 0 aliphatic heterocycles. The summed E-state index contributed by atoms with van der Waals surface area (Å²) in [7, 11) is -3.66. The van der Waals surface area contributed by atoms with Crippen LogP contribution in [0.15, 0.2) is 14.7 Å². The molecule has 0 radical (unpaired) electrons. The van der Waals surface area contributed by atoms with Crippen LogP contribution in [0.1, 0.15) is 30.4 Å². The number of rotatable bonds is 5.